The van der Waals surface area contributed by atoms with Crippen molar-refractivity contribution in [2.24, 2.45) is 0 Å². The smallest absolute Gasteiger partial charge is 0.309 e. The highest BCUT2D eigenvalue weighted by molar-refractivity contribution is 7.89. The van der Waals surface area contributed by atoms with Gasteiger partial charge in [-0.25, -0.2) is 8.42 Å². The monoisotopic (exact) mass is 484 g/mol. The number of benzene rings is 1. The second-order valence-electron chi connectivity index (χ2n) is 7.85. The van der Waals surface area contributed by atoms with Gasteiger partial charge < -0.3 is 24.8 Å². The van der Waals surface area contributed by atoms with Gasteiger partial charge in [-0.2, -0.15) is 4.31 Å². The van der Waals surface area contributed by atoms with Crippen LogP contribution in [0.4, 0.5) is 0 Å². The molecule has 0 aliphatic carbocycles. The van der Waals surface area contributed by atoms with E-state index in [-0.39, 0.29) is 18.0 Å². The minimum atomic E-state index is -3.87. The first-order valence-corrected chi connectivity index (χ1v) is 12.4. The molecule has 1 aromatic rings. The maximum absolute atomic E-state index is 13.2. The molecule has 0 radical (unpaired) electrons. The fraction of sp³-hybridized carbons (Fsp3) is 0.619. The highest BCUT2D eigenvalue weighted by atomic mass is 32.2. The number of sulfonamides is 1. The molecule has 33 heavy (non-hydrogen) atoms. The van der Waals surface area contributed by atoms with E-state index < -0.39 is 28.1 Å². The van der Waals surface area contributed by atoms with Gasteiger partial charge >= 0.3 is 11.8 Å². The van der Waals surface area contributed by atoms with Crippen molar-refractivity contribution in [2.75, 3.05) is 66.2 Å². The number of morpholine rings is 1. The van der Waals surface area contributed by atoms with E-state index >= 15 is 0 Å². The van der Waals surface area contributed by atoms with E-state index in [9.17, 15) is 18.0 Å². The van der Waals surface area contributed by atoms with Crippen molar-refractivity contribution in [1.29, 1.82) is 0 Å². The molecule has 3 rings (SSSR count). The molecule has 0 spiro atoms. The number of aryl methyl sites for hydroxylation is 1. The molecule has 2 amide bonds. The summed E-state index contributed by atoms with van der Waals surface area (Å²) in [5, 5.41) is 5.07. The third-order valence-electron chi connectivity index (χ3n) is 5.59. The van der Waals surface area contributed by atoms with Crippen molar-refractivity contribution < 1.29 is 32.2 Å². The van der Waals surface area contributed by atoms with Gasteiger partial charge in [0.1, 0.15) is 12.0 Å². The molecule has 1 aromatic carbocycles. The quantitative estimate of drug-likeness (QED) is 0.464. The van der Waals surface area contributed by atoms with Crippen molar-refractivity contribution in [2.45, 2.75) is 24.5 Å². The summed E-state index contributed by atoms with van der Waals surface area (Å²) in [5.41, 5.74) is 0.690. The first kappa shape index (κ1) is 25.4. The molecule has 0 unspecified atom stereocenters. The molecule has 2 fully saturated rings. The highest BCUT2D eigenvalue weighted by Gasteiger charge is 2.35. The maximum atomic E-state index is 13.2. The first-order chi connectivity index (χ1) is 15.8. The van der Waals surface area contributed by atoms with E-state index in [4.69, 9.17) is 14.2 Å². The topological polar surface area (TPSA) is 127 Å². The molecule has 12 heteroatoms. The molecular formula is C21H32N4O7S. The lowest BCUT2D eigenvalue weighted by Gasteiger charge is -2.34. The number of hydrogen-bond donors (Lipinski definition) is 2. The Balaban J connectivity index is 1.54. The molecule has 1 atom stereocenters. The summed E-state index contributed by atoms with van der Waals surface area (Å²) in [6, 6.07) is 4.62. The van der Waals surface area contributed by atoms with E-state index in [1.54, 1.807) is 19.1 Å². The van der Waals surface area contributed by atoms with Gasteiger partial charge in [0.25, 0.3) is 0 Å². The van der Waals surface area contributed by atoms with Crippen LogP contribution in [0.25, 0.3) is 0 Å². The Bertz CT molecular complexity index is 935. The van der Waals surface area contributed by atoms with Crippen LogP contribution in [0, 0.1) is 6.92 Å². The van der Waals surface area contributed by atoms with Gasteiger partial charge in [0.05, 0.1) is 38.4 Å². The van der Waals surface area contributed by atoms with E-state index in [1.807, 2.05) is 0 Å². The zero-order valence-electron chi connectivity index (χ0n) is 19.0. The summed E-state index contributed by atoms with van der Waals surface area (Å²) in [6.07, 6.45) is -0.378. The number of carbonyl (C=O) groups excluding carboxylic acids is 2. The average Bonchev–Trinajstić information content (AvgIpc) is 2.83. The second-order valence-corrected chi connectivity index (χ2v) is 9.74. The lowest BCUT2D eigenvalue weighted by Crippen LogP contribution is -2.53. The van der Waals surface area contributed by atoms with Crippen LogP contribution in [0.5, 0.6) is 5.75 Å². The summed E-state index contributed by atoms with van der Waals surface area (Å²) in [7, 11) is -2.35. The predicted molar refractivity (Wildman–Crippen MR) is 119 cm³/mol. The number of rotatable bonds is 8. The van der Waals surface area contributed by atoms with E-state index in [2.05, 4.69) is 15.5 Å². The third kappa shape index (κ3) is 6.64. The Labute approximate surface area is 194 Å². The average molecular weight is 485 g/mol. The number of carbonyl (C=O) groups is 2. The van der Waals surface area contributed by atoms with E-state index in [0.29, 0.717) is 50.6 Å². The molecule has 0 saturated carbocycles. The zero-order chi connectivity index (χ0) is 23.8. The lowest BCUT2D eigenvalue weighted by atomic mass is 10.2. The molecule has 2 heterocycles. The Morgan fingerprint density at radius 3 is 2.55 bits per heavy atom. The first-order valence-electron chi connectivity index (χ1n) is 11.0. The van der Waals surface area contributed by atoms with Gasteiger partial charge in [-0.05, 0) is 37.1 Å². The SMILES string of the molecule is COc1ccc(S(=O)(=O)N2CCCO[C@@H]2CNC(=O)C(=O)NCCN2CCOCC2)cc1C. The molecule has 2 aliphatic rings. The fourth-order valence-corrected chi connectivity index (χ4v) is 5.39. The van der Waals surface area contributed by atoms with Gasteiger partial charge in [-0.15, -0.1) is 0 Å². The summed E-state index contributed by atoms with van der Waals surface area (Å²) < 4.78 is 43.8. The normalized spacial score (nSPS) is 20.2. The minimum Gasteiger partial charge on any atom is -0.496 e. The molecule has 0 bridgehead atoms. The predicted octanol–water partition coefficient (Wildman–Crippen LogP) is -0.695. The van der Waals surface area contributed by atoms with Crippen LogP contribution in [0.3, 0.4) is 0 Å². The largest absolute Gasteiger partial charge is 0.496 e. The summed E-state index contributed by atoms with van der Waals surface area (Å²) >= 11 is 0. The van der Waals surface area contributed by atoms with Crippen LogP contribution in [0.15, 0.2) is 23.1 Å². The molecule has 2 saturated heterocycles. The van der Waals surface area contributed by atoms with Crippen molar-refractivity contribution in [3.63, 3.8) is 0 Å². The van der Waals surface area contributed by atoms with Gasteiger partial charge in [0.15, 0.2) is 0 Å². The molecule has 0 aromatic heterocycles. The minimum absolute atomic E-state index is 0.114. The second kappa shape index (κ2) is 11.7. The van der Waals surface area contributed by atoms with Gasteiger partial charge in [0.2, 0.25) is 10.0 Å². The van der Waals surface area contributed by atoms with Gasteiger partial charge in [-0.3, -0.25) is 14.5 Å². The van der Waals surface area contributed by atoms with Crippen molar-refractivity contribution in [3.8, 4) is 5.75 Å². The fourth-order valence-electron chi connectivity index (χ4n) is 3.74. The number of methoxy groups -OCH3 is 1. The number of nitrogens with one attached hydrogen (secondary N) is 2. The molecular weight excluding hydrogens is 452 g/mol. The van der Waals surface area contributed by atoms with Crippen molar-refractivity contribution >= 4 is 21.8 Å². The zero-order valence-corrected chi connectivity index (χ0v) is 19.9. The number of hydrogen-bond acceptors (Lipinski definition) is 8. The standard InChI is InChI=1S/C21H32N4O7S/c1-16-14-17(4-5-18(16)30-2)33(28,29)25-7-3-11-32-19(25)15-23-21(27)20(26)22-6-8-24-9-12-31-13-10-24/h4-5,14,19H,3,6-13,15H2,1-2H3,(H,22,26)(H,23,27)/t19-/m1/s1. The molecule has 2 aliphatic heterocycles. The Kier molecular flexibility index (Phi) is 9.03. The highest BCUT2D eigenvalue weighted by Crippen LogP contribution is 2.26. The Morgan fingerprint density at radius 2 is 1.85 bits per heavy atom. The maximum Gasteiger partial charge on any atom is 0.309 e. The van der Waals surface area contributed by atoms with Gasteiger partial charge in [0, 0.05) is 32.7 Å². The van der Waals surface area contributed by atoms with Crippen molar-refractivity contribution in [3.05, 3.63) is 23.8 Å². The summed E-state index contributed by atoms with van der Waals surface area (Å²) in [5.74, 6) is -1.00. The van der Waals surface area contributed by atoms with Crippen LogP contribution in [-0.4, -0.2) is 102 Å². The van der Waals surface area contributed by atoms with Crippen molar-refractivity contribution in [1.82, 2.24) is 19.8 Å². The van der Waals surface area contributed by atoms with Crippen LogP contribution in [0.2, 0.25) is 0 Å². The number of amides is 2. The lowest BCUT2D eigenvalue weighted by molar-refractivity contribution is -0.140. The van der Waals surface area contributed by atoms with Crippen LogP contribution in [0.1, 0.15) is 12.0 Å². The Morgan fingerprint density at radius 1 is 1.12 bits per heavy atom. The van der Waals surface area contributed by atoms with Gasteiger partial charge in [-0.1, -0.05) is 0 Å². The third-order valence-corrected chi connectivity index (χ3v) is 7.47. The summed E-state index contributed by atoms with van der Waals surface area (Å²) in [4.78, 5) is 26.6. The van der Waals surface area contributed by atoms with E-state index in [1.165, 1.54) is 17.5 Å². The summed E-state index contributed by atoms with van der Waals surface area (Å²) in [6.45, 7) is 6.10. The number of nitrogens with zero attached hydrogens (tertiary/aromatic N) is 2. The van der Waals surface area contributed by atoms with Crippen LogP contribution < -0.4 is 15.4 Å². The van der Waals surface area contributed by atoms with Crippen LogP contribution in [-0.2, 0) is 29.1 Å². The van der Waals surface area contributed by atoms with Crippen LogP contribution >= 0.6 is 0 Å². The molecule has 11 nitrogen and oxygen atoms in total. The molecule has 2 N–H and O–H groups in total. The Hall–Kier alpha value is -2.25. The number of ether oxygens (including phenoxy) is 3. The van der Waals surface area contributed by atoms with E-state index in [0.717, 1.165) is 13.1 Å². The molecule has 184 valence electrons.